The number of aliphatic hydroxyl groups excluding tert-OH is 1. The zero-order valence-corrected chi connectivity index (χ0v) is 10.3. The Morgan fingerprint density at radius 3 is 2.88 bits per heavy atom. The van der Waals surface area contributed by atoms with Gasteiger partial charge in [0.2, 0.25) is 0 Å². The second kappa shape index (κ2) is 6.34. The van der Waals surface area contributed by atoms with Crippen molar-refractivity contribution < 1.29 is 5.11 Å². The molecule has 1 aromatic carbocycles. The van der Waals surface area contributed by atoms with Crippen LogP contribution in [0.3, 0.4) is 0 Å². The van der Waals surface area contributed by atoms with E-state index in [4.69, 9.17) is 11.5 Å². The molecule has 1 atom stereocenters. The molecule has 0 saturated heterocycles. The van der Waals surface area contributed by atoms with Crippen LogP contribution in [0, 0.1) is 0 Å². The van der Waals surface area contributed by atoms with Crippen molar-refractivity contribution in [2.24, 2.45) is 16.5 Å². The van der Waals surface area contributed by atoms with E-state index in [1.54, 1.807) is 0 Å². The third-order valence-electron chi connectivity index (χ3n) is 1.85. The first-order chi connectivity index (χ1) is 7.58. The number of aliphatic imine (C=N–C) groups is 1. The smallest absolute Gasteiger partial charge is 0.185 e. The van der Waals surface area contributed by atoms with Gasteiger partial charge < -0.3 is 21.9 Å². The minimum Gasteiger partial charge on any atom is -0.389 e. The predicted molar refractivity (Wildman–Crippen MR) is 69.3 cm³/mol. The molecule has 0 fully saturated rings. The summed E-state index contributed by atoms with van der Waals surface area (Å²) in [6.07, 6.45) is -0.610. The Labute approximate surface area is 103 Å². The fourth-order valence-corrected chi connectivity index (χ4v) is 1.51. The molecule has 1 aromatic rings. The van der Waals surface area contributed by atoms with Gasteiger partial charge in [0.1, 0.15) is 0 Å². The van der Waals surface area contributed by atoms with Crippen molar-refractivity contribution in [2.75, 3.05) is 18.4 Å². The summed E-state index contributed by atoms with van der Waals surface area (Å²) < 4.78 is 0.983. The second-order valence-corrected chi connectivity index (χ2v) is 4.23. The van der Waals surface area contributed by atoms with Gasteiger partial charge in [-0.2, -0.15) is 0 Å². The van der Waals surface area contributed by atoms with Gasteiger partial charge in [-0.1, -0.05) is 22.0 Å². The van der Waals surface area contributed by atoms with Crippen LogP contribution < -0.4 is 16.8 Å². The van der Waals surface area contributed by atoms with Crippen molar-refractivity contribution in [1.82, 2.24) is 0 Å². The van der Waals surface area contributed by atoms with E-state index in [2.05, 4.69) is 26.2 Å². The van der Waals surface area contributed by atoms with Gasteiger partial charge >= 0.3 is 0 Å². The number of nitrogens with one attached hydrogen (secondary N) is 1. The molecule has 1 rings (SSSR count). The summed E-state index contributed by atoms with van der Waals surface area (Å²) in [6, 6.07) is 7.68. The lowest BCUT2D eigenvalue weighted by atomic mass is 10.3. The summed E-state index contributed by atoms with van der Waals surface area (Å²) in [5, 5.41) is 12.6. The highest BCUT2D eigenvalue weighted by molar-refractivity contribution is 9.10. The molecule has 88 valence electrons. The van der Waals surface area contributed by atoms with Crippen molar-refractivity contribution in [3.05, 3.63) is 28.7 Å². The Balaban J connectivity index is 2.37. The van der Waals surface area contributed by atoms with E-state index in [9.17, 15) is 5.11 Å². The number of rotatable bonds is 5. The van der Waals surface area contributed by atoms with Crippen molar-refractivity contribution in [3.8, 4) is 0 Å². The molecule has 0 spiro atoms. The maximum absolute atomic E-state index is 9.54. The first-order valence-corrected chi connectivity index (χ1v) is 5.60. The lowest BCUT2D eigenvalue weighted by Crippen LogP contribution is -2.28. The normalized spacial score (nSPS) is 11.9. The number of nitrogens with zero attached hydrogens (tertiary/aromatic N) is 1. The third-order valence-corrected chi connectivity index (χ3v) is 2.34. The molecule has 5 nitrogen and oxygen atoms in total. The van der Waals surface area contributed by atoms with Crippen LogP contribution in [0.25, 0.3) is 0 Å². The van der Waals surface area contributed by atoms with E-state index in [0.717, 1.165) is 10.2 Å². The van der Waals surface area contributed by atoms with E-state index in [1.165, 1.54) is 0 Å². The third kappa shape index (κ3) is 4.99. The van der Waals surface area contributed by atoms with Crippen molar-refractivity contribution in [3.63, 3.8) is 0 Å². The monoisotopic (exact) mass is 286 g/mol. The summed E-state index contributed by atoms with van der Waals surface area (Å²) in [5.74, 6) is -0.0125. The van der Waals surface area contributed by atoms with Crippen LogP contribution in [0.15, 0.2) is 33.7 Å². The first-order valence-electron chi connectivity index (χ1n) is 4.81. The van der Waals surface area contributed by atoms with Crippen LogP contribution in [-0.4, -0.2) is 30.3 Å². The number of anilines is 1. The van der Waals surface area contributed by atoms with E-state index >= 15 is 0 Å². The molecule has 0 aliphatic carbocycles. The molecule has 0 bridgehead atoms. The van der Waals surface area contributed by atoms with Crippen LogP contribution in [0.4, 0.5) is 5.69 Å². The minimum atomic E-state index is -0.610. The summed E-state index contributed by atoms with van der Waals surface area (Å²) in [5.41, 5.74) is 11.2. The zero-order chi connectivity index (χ0) is 12.0. The highest BCUT2D eigenvalue weighted by atomic mass is 79.9. The SMILES string of the molecule is NC(N)=NCC(O)CNc1cccc(Br)c1. The van der Waals surface area contributed by atoms with Crippen LogP contribution in [-0.2, 0) is 0 Å². The second-order valence-electron chi connectivity index (χ2n) is 3.31. The lowest BCUT2D eigenvalue weighted by molar-refractivity contribution is 0.196. The maximum atomic E-state index is 9.54. The topological polar surface area (TPSA) is 96.7 Å². The molecule has 0 aliphatic heterocycles. The van der Waals surface area contributed by atoms with Gasteiger partial charge in [-0.15, -0.1) is 0 Å². The number of hydrogen-bond donors (Lipinski definition) is 4. The van der Waals surface area contributed by atoms with Gasteiger partial charge in [-0.05, 0) is 18.2 Å². The molecule has 6 N–H and O–H groups in total. The van der Waals surface area contributed by atoms with E-state index in [-0.39, 0.29) is 12.5 Å². The quantitative estimate of drug-likeness (QED) is 0.468. The molecule has 0 heterocycles. The van der Waals surface area contributed by atoms with Gasteiger partial charge in [-0.3, -0.25) is 4.99 Å². The molecular formula is C10H15BrN4O. The molecule has 1 unspecified atom stereocenters. The van der Waals surface area contributed by atoms with Gasteiger partial charge in [0, 0.05) is 16.7 Å². The Morgan fingerprint density at radius 2 is 2.25 bits per heavy atom. The van der Waals surface area contributed by atoms with E-state index in [0.29, 0.717) is 6.54 Å². The van der Waals surface area contributed by atoms with E-state index < -0.39 is 6.10 Å². The number of benzene rings is 1. The molecule has 0 aliphatic rings. The first kappa shape index (κ1) is 12.8. The number of aliphatic hydroxyl groups is 1. The molecular weight excluding hydrogens is 272 g/mol. The average molecular weight is 287 g/mol. The van der Waals surface area contributed by atoms with Gasteiger partial charge in [0.25, 0.3) is 0 Å². The summed E-state index contributed by atoms with van der Waals surface area (Å²) in [6.45, 7) is 0.594. The van der Waals surface area contributed by atoms with Crippen LogP contribution in [0.1, 0.15) is 0 Å². The molecule has 0 radical (unpaired) electrons. The highest BCUT2D eigenvalue weighted by Gasteiger charge is 2.02. The molecule has 0 amide bonds. The summed E-state index contributed by atoms with van der Waals surface area (Å²) in [7, 11) is 0. The summed E-state index contributed by atoms with van der Waals surface area (Å²) >= 11 is 3.36. The van der Waals surface area contributed by atoms with Crippen LogP contribution in [0.5, 0.6) is 0 Å². The summed E-state index contributed by atoms with van der Waals surface area (Å²) in [4.78, 5) is 3.73. The number of hydrogen-bond acceptors (Lipinski definition) is 3. The van der Waals surface area contributed by atoms with Crippen LogP contribution in [0.2, 0.25) is 0 Å². The lowest BCUT2D eigenvalue weighted by Gasteiger charge is -2.11. The average Bonchev–Trinajstić information content (AvgIpc) is 2.23. The molecule has 6 heteroatoms. The number of halogens is 1. The van der Waals surface area contributed by atoms with Crippen molar-refractivity contribution >= 4 is 27.6 Å². The fourth-order valence-electron chi connectivity index (χ4n) is 1.11. The fraction of sp³-hybridized carbons (Fsp3) is 0.300. The number of nitrogens with two attached hydrogens (primary N) is 2. The maximum Gasteiger partial charge on any atom is 0.185 e. The number of guanidine groups is 1. The Bertz CT molecular complexity index is 366. The van der Waals surface area contributed by atoms with Gasteiger partial charge in [-0.25, -0.2) is 0 Å². The van der Waals surface area contributed by atoms with Crippen LogP contribution >= 0.6 is 15.9 Å². The van der Waals surface area contributed by atoms with Crippen molar-refractivity contribution in [1.29, 1.82) is 0 Å². The Hall–Kier alpha value is -1.27. The molecule has 0 saturated carbocycles. The van der Waals surface area contributed by atoms with Gasteiger partial charge in [0.15, 0.2) is 5.96 Å². The highest BCUT2D eigenvalue weighted by Crippen LogP contribution is 2.15. The predicted octanol–water partition coefficient (Wildman–Crippen LogP) is 0.495. The Morgan fingerprint density at radius 1 is 1.50 bits per heavy atom. The molecule has 16 heavy (non-hydrogen) atoms. The Kier molecular flexibility index (Phi) is 5.07. The minimum absolute atomic E-state index is 0.0125. The van der Waals surface area contributed by atoms with E-state index in [1.807, 2.05) is 24.3 Å². The standard InChI is InChI=1S/C10H15BrN4O/c11-7-2-1-3-8(4-7)14-5-9(16)6-15-10(12)13/h1-4,9,14,16H,5-6H2,(H4,12,13,15). The zero-order valence-electron chi connectivity index (χ0n) is 8.73. The largest absolute Gasteiger partial charge is 0.389 e. The van der Waals surface area contributed by atoms with Gasteiger partial charge in [0.05, 0.1) is 12.6 Å². The molecule has 0 aromatic heterocycles. The van der Waals surface area contributed by atoms with Crippen molar-refractivity contribution in [2.45, 2.75) is 6.10 Å².